The number of carbonyl (C=O) groups excluding carboxylic acids is 2. The van der Waals surface area contributed by atoms with E-state index >= 15 is 0 Å². The minimum Gasteiger partial charge on any atom is -0.493 e. The maximum atomic E-state index is 12.9. The van der Waals surface area contributed by atoms with Crippen molar-refractivity contribution >= 4 is 17.5 Å². The minimum atomic E-state index is -0.355. The van der Waals surface area contributed by atoms with Crippen molar-refractivity contribution in [3.05, 3.63) is 83.4 Å². The summed E-state index contributed by atoms with van der Waals surface area (Å²) in [6.07, 6.45) is 0. The van der Waals surface area contributed by atoms with Crippen LogP contribution in [-0.2, 0) is 0 Å². The summed E-state index contributed by atoms with van der Waals surface area (Å²) in [6, 6.07) is 19.4. The lowest BCUT2D eigenvalue weighted by molar-refractivity contribution is 0.0926. The number of anilines is 1. The van der Waals surface area contributed by atoms with Crippen LogP contribution >= 0.6 is 0 Å². The SMILES string of the molecule is COc1ccccc1Oc1ccc2c(c1)C(=O)N(c1cccc(C)c1)C2=O. The summed E-state index contributed by atoms with van der Waals surface area (Å²) < 4.78 is 11.1. The van der Waals surface area contributed by atoms with Crippen LogP contribution in [0.5, 0.6) is 17.2 Å². The first-order valence-electron chi connectivity index (χ1n) is 8.49. The van der Waals surface area contributed by atoms with E-state index in [9.17, 15) is 9.59 Å². The summed E-state index contributed by atoms with van der Waals surface area (Å²) in [6.45, 7) is 1.92. The quantitative estimate of drug-likeness (QED) is 0.639. The summed E-state index contributed by atoms with van der Waals surface area (Å²) in [5, 5.41) is 0. The Hall–Kier alpha value is -3.60. The van der Waals surface area contributed by atoms with Gasteiger partial charge in [-0.25, -0.2) is 4.90 Å². The van der Waals surface area contributed by atoms with Gasteiger partial charge in [0.1, 0.15) is 5.75 Å². The monoisotopic (exact) mass is 359 g/mol. The third kappa shape index (κ3) is 2.93. The molecule has 5 heteroatoms. The number of amides is 2. The molecule has 0 radical (unpaired) electrons. The fourth-order valence-corrected chi connectivity index (χ4v) is 3.12. The molecule has 2 amide bonds. The number of benzene rings is 3. The Morgan fingerprint density at radius 1 is 0.778 bits per heavy atom. The predicted octanol–water partition coefficient (Wildman–Crippen LogP) is 4.60. The number of fused-ring (bicyclic) bond motifs is 1. The van der Waals surface area contributed by atoms with Gasteiger partial charge in [-0.15, -0.1) is 0 Å². The standard InChI is InChI=1S/C22H17NO4/c1-14-6-5-7-15(12-14)23-21(24)17-11-10-16(13-18(17)22(23)25)27-20-9-4-3-8-19(20)26-2/h3-13H,1-2H3. The van der Waals surface area contributed by atoms with Crippen molar-refractivity contribution in [3.8, 4) is 17.2 Å². The largest absolute Gasteiger partial charge is 0.493 e. The Labute approximate surface area is 156 Å². The lowest BCUT2D eigenvalue weighted by atomic mass is 10.1. The van der Waals surface area contributed by atoms with E-state index in [1.807, 2.05) is 37.3 Å². The van der Waals surface area contributed by atoms with Gasteiger partial charge in [0.25, 0.3) is 11.8 Å². The first-order valence-corrected chi connectivity index (χ1v) is 8.49. The molecule has 27 heavy (non-hydrogen) atoms. The number of aryl methyl sites for hydroxylation is 1. The zero-order chi connectivity index (χ0) is 19.0. The third-order valence-electron chi connectivity index (χ3n) is 4.41. The van der Waals surface area contributed by atoms with Crippen LogP contribution in [0.2, 0.25) is 0 Å². The first kappa shape index (κ1) is 16.8. The van der Waals surface area contributed by atoms with Gasteiger partial charge in [-0.05, 0) is 55.0 Å². The van der Waals surface area contributed by atoms with Crippen LogP contribution in [0.1, 0.15) is 26.3 Å². The van der Waals surface area contributed by atoms with Crippen molar-refractivity contribution < 1.29 is 19.1 Å². The molecule has 5 nitrogen and oxygen atoms in total. The molecule has 1 aliphatic rings. The van der Waals surface area contributed by atoms with Crippen LogP contribution in [0, 0.1) is 6.92 Å². The summed E-state index contributed by atoms with van der Waals surface area (Å²) >= 11 is 0. The lowest BCUT2D eigenvalue weighted by Crippen LogP contribution is -2.29. The van der Waals surface area contributed by atoms with E-state index in [2.05, 4.69) is 0 Å². The minimum absolute atomic E-state index is 0.328. The van der Waals surface area contributed by atoms with Crippen LogP contribution in [0.25, 0.3) is 0 Å². The molecule has 0 bridgehead atoms. The second-order valence-corrected chi connectivity index (χ2v) is 6.25. The summed E-state index contributed by atoms with van der Waals surface area (Å²) in [4.78, 5) is 26.8. The molecular weight excluding hydrogens is 342 g/mol. The van der Waals surface area contributed by atoms with Gasteiger partial charge in [-0.3, -0.25) is 9.59 Å². The van der Waals surface area contributed by atoms with Gasteiger partial charge in [0.15, 0.2) is 11.5 Å². The molecule has 0 spiro atoms. The molecule has 3 aromatic rings. The Balaban J connectivity index is 1.68. The van der Waals surface area contributed by atoms with E-state index in [0.717, 1.165) is 5.56 Å². The van der Waals surface area contributed by atoms with Crippen molar-refractivity contribution in [2.45, 2.75) is 6.92 Å². The number of nitrogens with zero attached hydrogens (tertiary/aromatic N) is 1. The fourth-order valence-electron chi connectivity index (χ4n) is 3.12. The van der Waals surface area contributed by atoms with Gasteiger partial charge in [0.2, 0.25) is 0 Å². The van der Waals surface area contributed by atoms with E-state index in [1.165, 1.54) is 4.90 Å². The Kier molecular flexibility index (Phi) is 4.12. The van der Waals surface area contributed by atoms with Gasteiger partial charge in [0.05, 0.1) is 23.9 Å². The molecule has 0 saturated heterocycles. The maximum Gasteiger partial charge on any atom is 0.266 e. The average molecular weight is 359 g/mol. The first-order chi connectivity index (χ1) is 13.1. The van der Waals surface area contributed by atoms with Gasteiger partial charge in [-0.2, -0.15) is 0 Å². The number of carbonyl (C=O) groups is 2. The molecule has 0 N–H and O–H groups in total. The highest BCUT2D eigenvalue weighted by Gasteiger charge is 2.37. The average Bonchev–Trinajstić information content (AvgIpc) is 2.92. The number of hydrogen-bond acceptors (Lipinski definition) is 4. The second kappa shape index (κ2) is 6.61. The van der Waals surface area contributed by atoms with Crippen LogP contribution in [0.3, 0.4) is 0 Å². The number of ether oxygens (including phenoxy) is 2. The van der Waals surface area contributed by atoms with Gasteiger partial charge >= 0.3 is 0 Å². The molecule has 134 valence electrons. The van der Waals surface area contributed by atoms with E-state index in [4.69, 9.17) is 9.47 Å². The van der Waals surface area contributed by atoms with Crippen molar-refractivity contribution in [1.82, 2.24) is 0 Å². The molecular formula is C22H17NO4. The van der Waals surface area contributed by atoms with Crippen molar-refractivity contribution in [3.63, 3.8) is 0 Å². The van der Waals surface area contributed by atoms with E-state index < -0.39 is 0 Å². The van der Waals surface area contributed by atoms with Gasteiger partial charge < -0.3 is 9.47 Å². The van der Waals surface area contributed by atoms with E-state index in [0.29, 0.717) is 34.1 Å². The molecule has 1 aliphatic heterocycles. The van der Waals surface area contributed by atoms with Crippen LogP contribution in [-0.4, -0.2) is 18.9 Å². The molecule has 0 atom stereocenters. The molecule has 1 heterocycles. The third-order valence-corrected chi connectivity index (χ3v) is 4.41. The van der Waals surface area contributed by atoms with Gasteiger partial charge in [-0.1, -0.05) is 24.3 Å². The Bertz CT molecular complexity index is 1060. The number of imide groups is 1. The summed E-state index contributed by atoms with van der Waals surface area (Å²) in [5.74, 6) is 0.898. The normalized spacial score (nSPS) is 12.9. The Morgan fingerprint density at radius 2 is 1.52 bits per heavy atom. The second-order valence-electron chi connectivity index (χ2n) is 6.25. The van der Waals surface area contributed by atoms with Crippen LogP contribution in [0.4, 0.5) is 5.69 Å². The van der Waals surface area contributed by atoms with Gasteiger partial charge in [0, 0.05) is 0 Å². The zero-order valence-electron chi connectivity index (χ0n) is 14.9. The molecule has 3 aromatic carbocycles. The number of hydrogen-bond donors (Lipinski definition) is 0. The molecule has 0 unspecified atom stereocenters. The van der Waals surface area contributed by atoms with Crippen LogP contribution < -0.4 is 14.4 Å². The van der Waals surface area contributed by atoms with Crippen molar-refractivity contribution in [2.75, 3.05) is 12.0 Å². The Morgan fingerprint density at radius 3 is 2.26 bits per heavy atom. The van der Waals surface area contributed by atoms with Crippen molar-refractivity contribution in [2.24, 2.45) is 0 Å². The lowest BCUT2D eigenvalue weighted by Gasteiger charge is -2.14. The number of rotatable bonds is 4. The molecule has 0 aliphatic carbocycles. The van der Waals surface area contributed by atoms with E-state index in [1.54, 1.807) is 43.5 Å². The zero-order valence-corrected chi connectivity index (χ0v) is 14.9. The topological polar surface area (TPSA) is 55.8 Å². The molecule has 0 aromatic heterocycles. The van der Waals surface area contributed by atoms with Crippen LogP contribution in [0.15, 0.2) is 66.7 Å². The number of para-hydroxylation sites is 2. The highest BCUT2D eigenvalue weighted by atomic mass is 16.5. The smallest absolute Gasteiger partial charge is 0.266 e. The maximum absolute atomic E-state index is 12.9. The molecule has 4 rings (SSSR count). The van der Waals surface area contributed by atoms with Crippen molar-refractivity contribution in [1.29, 1.82) is 0 Å². The fraction of sp³-hybridized carbons (Fsp3) is 0.0909. The number of methoxy groups -OCH3 is 1. The van der Waals surface area contributed by atoms with E-state index in [-0.39, 0.29) is 11.8 Å². The molecule has 0 saturated carbocycles. The summed E-state index contributed by atoms with van der Waals surface area (Å²) in [7, 11) is 1.56. The summed E-state index contributed by atoms with van der Waals surface area (Å²) in [5.41, 5.74) is 2.24. The molecule has 0 fully saturated rings. The highest BCUT2D eigenvalue weighted by Crippen LogP contribution is 2.35. The predicted molar refractivity (Wildman–Crippen MR) is 102 cm³/mol. The highest BCUT2D eigenvalue weighted by molar-refractivity contribution is 6.34.